The highest BCUT2D eigenvalue weighted by Gasteiger charge is 2.11. The van der Waals surface area contributed by atoms with E-state index in [-0.39, 0.29) is 10.1 Å². The minimum Gasteiger partial charge on any atom is -0.477 e. The third-order valence-corrected chi connectivity index (χ3v) is 2.10. The first-order valence-corrected chi connectivity index (χ1v) is 3.49. The molecular weight excluding hydrogens is 203 g/mol. The summed E-state index contributed by atoms with van der Waals surface area (Å²) in [6.45, 7) is 2.72. The number of carbonyl (C=O) groups is 1. The van der Waals surface area contributed by atoms with Crippen molar-refractivity contribution in [3.8, 4) is 0 Å². The molecule has 2 nitrogen and oxygen atoms in total. The number of carboxylic acids is 1. The van der Waals surface area contributed by atoms with Gasteiger partial charge in [-0.1, -0.05) is 0 Å². The molecule has 0 aromatic carbocycles. The molecule has 0 heterocycles. The predicted octanol–water partition coefficient (Wildman–Crippen LogP) is 2.10. The zero-order valence-electron chi connectivity index (χ0n) is 5.69. The molecule has 1 atom stereocenters. The van der Waals surface area contributed by atoms with Crippen LogP contribution in [0, 0.1) is 0 Å². The van der Waals surface area contributed by atoms with Gasteiger partial charge in [0, 0.05) is 0 Å². The first-order valence-electron chi connectivity index (χ1n) is 2.70. The molecule has 0 radical (unpaired) electrons. The van der Waals surface area contributed by atoms with Gasteiger partial charge in [-0.25, -0.2) is 9.18 Å². The van der Waals surface area contributed by atoms with Gasteiger partial charge in [0.15, 0.2) is 0 Å². The SMILES string of the molecule is C/C(=C(/Br)C(=O)O)C(C)F. The molecule has 0 saturated heterocycles. The van der Waals surface area contributed by atoms with E-state index in [1.807, 2.05) is 0 Å². The maximum absolute atomic E-state index is 12.4. The van der Waals surface area contributed by atoms with Gasteiger partial charge in [0.05, 0.1) is 0 Å². The van der Waals surface area contributed by atoms with Crippen molar-refractivity contribution in [1.29, 1.82) is 0 Å². The molecule has 1 unspecified atom stereocenters. The van der Waals surface area contributed by atoms with Crippen molar-refractivity contribution in [3.63, 3.8) is 0 Å². The first-order chi connectivity index (χ1) is 4.46. The van der Waals surface area contributed by atoms with Crippen molar-refractivity contribution in [2.24, 2.45) is 0 Å². The predicted molar refractivity (Wildman–Crippen MR) is 39.8 cm³/mol. The fourth-order valence-electron chi connectivity index (χ4n) is 0.343. The third-order valence-electron chi connectivity index (χ3n) is 1.13. The molecule has 1 N–H and O–H groups in total. The number of rotatable bonds is 2. The maximum atomic E-state index is 12.4. The van der Waals surface area contributed by atoms with E-state index in [0.29, 0.717) is 0 Å². The Morgan fingerprint density at radius 3 is 2.20 bits per heavy atom. The van der Waals surface area contributed by atoms with Gasteiger partial charge in [-0.05, 0) is 35.4 Å². The molecule has 0 amide bonds. The first kappa shape index (κ1) is 9.62. The molecular formula is C6H8BrFO2. The summed E-state index contributed by atoms with van der Waals surface area (Å²) >= 11 is 2.75. The molecule has 10 heavy (non-hydrogen) atoms. The van der Waals surface area contributed by atoms with Gasteiger partial charge in [0.2, 0.25) is 0 Å². The molecule has 58 valence electrons. The van der Waals surface area contributed by atoms with E-state index in [1.54, 1.807) is 0 Å². The van der Waals surface area contributed by atoms with Crippen LogP contribution in [0.4, 0.5) is 4.39 Å². The topological polar surface area (TPSA) is 37.3 Å². The van der Waals surface area contributed by atoms with Crippen LogP contribution < -0.4 is 0 Å². The molecule has 0 rings (SSSR count). The number of allylic oxidation sites excluding steroid dienone is 1. The van der Waals surface area contributed by atoms with Crippen molar-refractivity contribution in [3.05, 3.63) is 10.1 Å². The van der Waals surface area contributed by atoms with Crippen LogP contribution in [0.3, 0.4) is 0 Å². The number of alkyl halides is 1. The monoisotopic (exact) mass is 210 g/mol. The quantitative estimate of drug-likeness (QED) is 0.710. The zero-order chi connectivity index (χ0) is 8.31. The van der Waals surface area contributed by atoms with Crippen LogP contribution in [0.2, 0.25) is 0 Å². The Morgan fingerprint density at radius 1 is 1.70 bits per heavy atom. The number of aliphatic carboxylic acids is 1. The summed E-state index contributed by atoms with van der Waals surface area (Å²) in [5.41, 5.74) is 0.201. The fraction of sp³-hybridized carbons (Fsp3) is 0.500. The van der Waals surface area contributed by atoms with Crippen LogP contribution in [0.25, 0.3) is 0 Å². The average molecular weight is 211 g/mol. The van der Waals surface area contributed by atoms with E-state index in [9.17, 15) is 9.18 Å². The minimum absolute atomic E-state index is 0.0949. The number of hydrogen-bond acceptors (Lipinski definition) is 1. The Morgan fingerprint density at radius 2 is 2.10 bits per heavy atom. The molecule has 0 aromatic heterocycles. The summed E-state index contributed by atoms with van der Waals surface area (Å²) in [4.78, 5) is 10.2. The average Bonchev–Trinajstić information content (AvgIpc) is 1.84. The van der Waals surface area contributed by atoms with Gasteiger partial charge < -0.3 is 5.11 Å². The van der Waals surface area contributed by atoms with E-state index < -0.39 is 12.1 Å². The van der Waals surface area contributed by atoms with E-state index in [4.69, 9.17) is 5.11 Å². The van der Waals surface area contributed by atoms with Crippen molar-refractivity contribution in [2.45, 2.75) is 20.0 Å². The number of carboxylic acid groups (broad SMARTS) is 1. The Balaban J connectivity index is 4.50. The molecule has 0 aliphatic heterocycles. The van der Waals surface area contributed by atoms with Crippen LogP contribution in [0.1, 0.15) is 13.8 Å². The van der Waals surface area contributed by atoms with E-state index in [0.717, 1.165) is 0 Å². The summed E-state index contributed by atoms with van der Waals surface area (Å²) in [6, 6.07) is 0. The Labute approximate surface area is 66.9 Å². The number of halogens is 2. The normalized spacial score (nSPS) is 16.0. The Kier molecular flexibility index (Phi) is 3.57. The van der Waals surface area contributed by atoms with E-state index in [2.05, 4.69) is 15.9 Å². The fourth-order valence-corrected chi connectivity index (χ4v) is 0.659. The molecule has 0 aliphatic rings. The minimum atomic E-state index is -1.22. The highest BCUT2D eigenvalue weighted by molar-refractivity contribution is 9.12. The smallest absolute Gasteiger partial charge is 0.342 e. The summed E-state index contributed by atoms with van der Waals surface area (Å²) in [5.74, 6) is -1.14. The van der Waals surface area contributed by atoms with Crippen LogP contribution >= 0.6 is 15.9 Å². The molecule has 0 saturated carbocycles. The highest BCUT2D eigenvalue weighted by atomic mass is 79.9. The third kappa shape index (κ3) is 2.47. The highest BCUT2D eigenvalue weighted by Crippen LogP contribution is 2.16. The lowest BCUT2D eigenvalue weighted by Crippen LogP contribution is -2.03. The zero-order valence-corrected chi connectivity index (χ0v) is 7.27. The summed E-state index contributed by atoms with van der Waals surface area (Å²) in [6.07, 6.45) is -1.22. The maximum Gasteiger partial charge on any atom is 0.342 e. The van der Waals surface area contributed by atoms with Gasteiger partial charge in [-0.2, -0.15) is 0 Å². The number of hydrogen-bond donors (Lipinski definition) is 1. The van der Waals surface area contributed by atoms with E-state index in [1.165, 1.54) is 13.8 Å². The van der Waals surface area contributed by atoms with Crippen molar-refractivity contribution in [2.75, 3.05) is 0 Å². The molecule has 0 aromatic rings. The van der Waals surface area contributed by atoms with Gasteiger partial charge in [-0.3, -0.25) is 0 Å². The lowest BCUT2D eigenvalue weighted by Gasteiger charge is -2.01. The summed E-state index contributed by atoms with van der Waals surface area (Å²) < 4.78 is 12.3. The Bertz CT molecular complexity index is 175. The second-order valence-corrected chi connectivity index (χ2v) is 2.71. The summed E-state index contributed by atoms with van der Waals surface area (Å²) in [5, 5.41) is 8.33. The molecule has 4 heteroatoms. The van der Waals surface area contributed by atoms with Crippen LogP contribution in [-0.4, -0.2) is 17.2 Å². The lowest BCUT2D eigenvalue weighted by atomic mass is 10.2. The molecule has 0 bridgehead atoms. The second-order valence-electron chi connectivity index (χ2n) is 1.92. The molecule has 0 fully saturated rings. The Hall–Kier alpha value is -0.380. The van der Waals surface area contributed by atoms with Gasteiger partial charge >= 0.3 is 5.97 Å². The largest absolute Gasteiger partial charge is 0.477 e. The summed E-state index contributed by atoms with van der Waals surface area (Å²) in [7, 11) is 0. The van der Waals surface area contributed by atoms with Crippen LogP contribution in [0.15, 0.2) is 10.1 Å². The van der Waals surface area contributed by atoms with Gasteiger partial charge in [0.1, 0.15) is 10.7 Å². The lowest BCUT2D eigenvalue weighted by molar-refractivity contribution is -0.131. The van der Waals surface area contributed by atoms with Crippen molar-refractivity contribution in [1.82, 2.24) is 0 Å². The van der Waals surface area contributed by atoms with Gasteiger partial charge in [0.25, 0.3) is 0 Å². The van der Waals surface area contributed by atoms with Crippen LogP contribution in [-0.2, 0) is 4.79 Å². The standard InChI is InChI=1S/C6H8BrFO2/c1-3(4(2)8)5(7)6(9)10/h4H,1-2H3,(H,9,10)/b5-3-. The molecule has 0 spiro atoms. The van der Waals surface area contributed by atoms with Crippen molar-refractivity contribution >= 4 is 21.9 Å². The molecule has 0 aliphatic carbocycles. The van der Waals surface area contributed by atoms with Gasteiger partial charge in [-0.15, -0.1) is 0 Å². The van der Waals surface area contributed by atoms with Crippen molar-refractivity contribution < 1.29 is 14.3 Å². The van der Waals surface area contributed by atoms with E-state index >= 15 is 0 Å². The second kappa shape index (κ2) is 3.71. The van der Waals surface area contributed by atoms with Crippen LogP contribution in [0.5, 0.6) is 0 Å².